The van der Waals surface area contributed by atoms with Crippen molar-refractivity contribution in [3.8, 4) is 0 Å². The molecule has 7 heteroatoms. The lowest BCUT2D eigenvalue weighted by molar-refractivity contribution is -0.121. The van der Waals surface area contributed by atoms with Gasteiger partial charge in [0.15, 0.2) is 0 Å². The Kier molecular flexibility index (Phi) is 4.49. The molecule has 2 aromatic rings. The predicted molar refractivity (Wildman–Crippen MR) is 72.0 cm³/mol. The molecule has 1 amide bonds. The highest BCUT2D eigenvalue weighted by atomic mass is 16.5. The van der Waals surface area contributed by atoms with Gasteiger partial charge in [-0.1, -0.05) is 5.16 Å². The molecule has 0 radical (unpaired) electrons. The number of rotatable bonds is 6. The summed E-state index contributed by atoms with van der Waals surface area (Å²) in [5.74, 6) is 1.66. The van der Waals surface area contributed by atoms with Gasteiger partial charge in [-0.2, -0.15) is 5.10 Å². The zero-order valence-electron chi connectivity index (χ0n) is 12.0. The van der Waals surface area contributed by atoms with Crippen LogP contribution in [0.1, 0.15) is 29.3 Å². The Balaban J connectivity index is 1.72. The van der Waals surface area contributed by atoms with Crippen LogP contribution in [-0.4, -0.2) is 32.4 Å². The molecule has 7 nitrogen and oxygen atoms in total. The molecular formula is C13H19N5O2. The lowest BCUT2D eigenvalue weighted by Gasteiger charge is -2.05. The van der Waals surface area contributed by atoms with E-state index < -0.39 is 0 Å². The number of nitrogens with zero attached hydrogens (tertiary/aromatic N) is 4. The number of carbonyl (C=O) groups is 1. The zero-order chi connectivity index (χ0) is 14.5. The minimum absolute atomic E-state index is 0.0205. The van der Waals surface area contributed by atoms with Gasteiger partial charge in [0, 0.05) is 32.0 Å². The maximum atomic E-state index is 11.8. The number of nitrogens with one attached hydrogen (secondary N) is 1. The molecule has 0 aromatic carbocycles. The van der Waals surface area contributed by atoms with Gasteiger partial charge in [0.05, 0.1) is 5.69 Å². The second-order valence-corrected chi connectivity index (χ2v) is 4.70. The van der Waals surface area contributed by atoms with E-state index in [0.717, 1.165) is 22.8 Å². The molecule has 2 heterocycles. The first-order valence-electron chi connectivity index (χ1n) is 6.59. The fourth-order valence-corrected chi connectivity index (χ4v) is 2.05. The number of carbonyl (C=O) groups excluding carboxylic acids is 1. The van der Waals surface area contributed by atoms with Gasteiger partial charge in [-0.15, -0.1) is 0 Å². The third-order valence-corrected chi connectivity index (χ3v) is 3.26. The third kappa shape index (κ3) is 3.43. The van der Waals surface area contributed by atoms with Crippen LogP contribution >= 0.6 is 0 Å². The highest BCUT2D eigenvalue weighted by Crippen LogP contribution is 2.13. The molecular weight excluding hydrogens is 258 g/mol. The lowest BCUT2D eigenvalue weighted by atomic mass is 10.1. The van der Waals surface area contributed by atoms with Crippen molar-refractivity contribution in [1.29, 1.82) is 0 Å². The number of aromatic nitrogens is 4. The van der Waals surface area contributed by atoms with Gasteiger partial charge in [0.25, 0.3) is 0 Å². The van der Waals surface area contributed by atoms with Crippen LogP contribution in [0.15, 0.2) is 10.9 Å². The summed E-state index contributed by atoms with van der Waals surface area (Å²) >= 11 is 0. The molecule has 2 aromatic heterocycles. The van der Waals surface area contributed by atoms with Gasteiger partial charge in [-0.3, -0.25) is 9.48 Å². The average Bonchev–Trinajstić information content (AvgIpc) is 2.95. The Morgan fingerprint density at radius 1 is 1.40 bits per heavy atom. The SMILES string of the molecule is Cc1noc(C)c1CCC(=O)NCCc1ncnn1C. The van der Waals surface area contributed by atoms with Crippen LogP contribution in [-0.2, 0) is 24.7 Å². The molecule has 108 valence electrons. The second-order valence-electron chi connectivity index (χ2n) is 4.70. The van der Waals surface area contributed by atoms with Crippen molar-refractivity contribution < 1.29 is 9.32 Å². The van der Waals surface area contributed by atoms with Crippen molar-refractivity contribution in [2.75, 3.05) is 6.54 Å². The normalized spacial score (nSPS) is 10.8. The van der Waals surface area contributed by atoms with Crippen molar-refractivity contribution in [2.45, 2.75) is 33.1 Å². The molecule has 0 saturated heterocycles. The summed E-state index contributed by atoms with van der Waals surface area (Å²) in [5, 5.41) is 10.7. The lowest BCUT2D eigenvalue weighted by Crippen LogP contribution is -2.26. The summed E-state index contributed by atoms with van der Waals surface area (Å²) in [6.07, 6.45) is 3.26. The van der Waals surface area contributed by atoms with Crippen molar-refractivity contribution in [3.63, 3.8) is 0 Å². The van der Waals surface area contributed by atoms with E-state index in [9.17, 15) is 4.79 Å². The van der Waals surface area contributed by atoms with Crippen molar-refractivity contribution >= 4 is 5.91 Å². The molecule has 0 aliphatic heterocycles. The molecule has 0 spiro atoms. The van der Waals surface area contributed by atoms with Crippen molar-refractivity contribution in [2.24, 2.45) is 7.05 Å². The summed E-state index contributed by atoms with van der Waals surface area (Å²) in [5.41, 5.74) is 1.88. The molecule has 0 unspecified atom stereocenters. The van der Waals surface area contributed by atoms with Crippen LogP contribution < -0.4 is 5.32 Å². The maximum Gasteiger partial charge on any atom is 0.220 e. The Morgan fingerprint density at radius 3 is 2.80 bits per heavy atom. The fraction of sp³-hybridized carbons (Fsp3) is 0.538. The zero-order valence-corrected chi connectivity index (χ0v) is 12.0. The summed E-state index contributed by atoms with van der Waals surface area (Å²) in [7, 11) is 1.83. The highest BCUT2D eigenvalue weighted by molar-refractivity contribution is 5.76. The van der Waals surface area contributed by atoms with Gasteiger partial charge < -0.3 is 9.84 Å². The topological polar surface area (TPSA) is 85.8 Å². The average molecular weight is 277 g/mol. The maximum absolute atomic E-state index is 11.8. The minimum atomic E-state index is 0.0205. The summed E-state index contributed by atoms with van der Waals surface area (Å²) < 4.78 is 6.78. The van der Waals surface area contributed by atoms with Crippen LogP contribution in [0.2, 0.25) is 0 Å². The van der Waals surface area contributed by atoms with E-state index in [0.29, 0.717) is 25.8 Å². The monoisotopic (exact) mass is 277 g/mol. The molecule has 0 atom stereocenters. The van der Waals surface area contributed by atoms with Crippen molar-refractivity contribution in [1.82, 2.24) is 25.2 Å². The third-order valence-electron chi connectivity index (χ3n) is 3.26. The predicted octanol–water partition coefficient (Wildman–Crippen LogP) is 0.711. The molecule has 0 aliphatic carbocycles. The van der Waals surface area contributed by atoms with E-state index in [1.54, 1.807) is 4.68 Å². The molecule has 0 saturated carbocycles. The Hall–Kier alpha value is -2.18. The molecule has 0 fully saturated rings. The van der Waals surface area contributed by atoms with Gasteiger partial charge in [0.1, 0.15) is 17.9 Å². The number of aryl methyl sites for hydroxylation is 3. The molecule has 20 heavy (non-hydrogen) atoms. The Morgan fingerprint density at radius 2 is 2.20 bits per heavy atom. The smallest absolute Gasteiger partial charge is 0.220 e. The van der Waals surface area contributed by atoms with E-state index in [2.05, 4.69) is 20.6 Å². The Bertz CT molecular complexity index is 568. The van der Waals surface area contributed by atoms with Crippen LogP contribution in [0, 0.1) is 13.8 Å². The molecule has 0 bridgehead atoms. The van der Waals surface area contributed by atoms with E-state index in [-0.39, 0.29) is 5.91 Å². The van der Waals surface area contributed by atoms with E-state index in [1.807, 2.05) is 20.9 Å². The van der Waals surface area contributed by atoms with Gasteiger partial charge in [-0.25, -0.2) is 4.98 Å². The number of hydrogen-bond donors (Lipinski definition) is 1. The largest absolute Gasteiger partial charge is 0.361 e. The standard InChI is InChI=1S/C13H19N5O2/c1-9-11(10(2)20-17-9)4-5-13(19)14-7-6-12-15-8-16-18(12)3/h8H,4-7H2,1-3H3,(H,14,19). The van der Waals surface area contributed by atoms with Crippen LogP contribution in [0.3, 0.4) is 0 Å². The fourth-order valence-electron chi connectivity index (χ4n) is 2.05. The highest BCUT2D eigenvalue weighted by Gasteiger charge is 2.11. The minimum Gasteiger partial charge on any atom is -0.361 e. The van der Waals surface area contributed by atoms with Gasteiger partial charge in [-0.05, 0) is 20.3 Å². The quantitative estimate of drug-likeness (QED) is 0.840. The van der Waals surface area contributed by atoms with Gasteiger partial charge in [0.2, 0.25) is 5.91 Å². The first-order chi connectivity index (χ1) is 9.58. The molecule has 0 aliphatic rings. The number of amides is 1. The van der Waals surface area contributed by atoms with Gasteiger partial charge >= 0.3 is 0 Å². The Labute approximate surface area is 117 Å². The summed E-state index contributed by atoms with van der Waals surface area (Å²) in [4.78, 5) is 15.9. The van der Waals surface area contributed by atoms with Crippen molar-refractivity contribution in [3.05, 3.63) is 29.2 Å². The molecule has 2 rings (SSSR count). The van der Waals surface area contributed by atoms with Crippen LogP contribution in [0.5, 0.6) is 0 Å². The van der Waals surface area contributed by atoms with Crippen LogP contribution in [0.4, 0.5) is 0 Å². The van der Waals surface area contributed by atoms with E-state index >= 15 is 0 Å². The summed E-state index contributed by atoms with van der Waals surface area (Å²) in [6.45, 7) is 4.31. The first kappa shape index (κ1) is 14.2. The summed E-state index contributed by atoms with van der Waals surface area (Å²) in [6, 6.07) is 0. The molecule has 1 N–H and O–H groups in total. The van der Waals surface area contributed by atoms with Crippen LogP contribution in [0.25, 0.3) is 0 Å². The second kappa shape index (κ2) is 6.31. The number of hydrogen-bond acceptors (Lipinski definition) is 5. The van der Waals surface area contributed by atoms with E-state index in [4.69, 9.17) is 4.52 Å². The first-order valence-corrected chi connectivity index (χ1v) is 6.59. The van der Waals surface area contributed by atoms with E-state index in [1.165, 1.54) is 6.33 Å².